The Labute approximate surface area is 105 Å². The molecule has 0 atom stereocenters. The van der Waals surface area contributed by atoms with Crippen LogP contribution in [0, 0.1) is 11.3 Å². The first-order valence-electron chi connectivity index (χ1n) is 5.68. The van der Waals surface area contributed by atoms with Crippen LogP contribution >= 0.6 is 0 Å². The first-order valence-corrected chi connectivity index (χ1v) is 5.68. The summed E-state index contributed by atoms with van der Waals surface area (Å²) in [5.74, 6) is -0.0684. The van der Waals surface area contributed by atoms with E-state index in [2.05, 4.69) is 0 Å². The van der Waals surface area contributed by atoms with Crippen LogP contribution in [0.1, 0.15) is 19.3 Å². The van der Waals surface area contributed by atoms with Gasteiger partial charge in [-0.15, -0.1) is 0 Å². The van der Waals surface area contributed by atoms with E-state index in [0.29, 0.717) is 30.7 Å². The number of imide groups is 1. The van der Waals surface area contributed by atoms with E-state index >= 15 is 0 Å². The van der Waals surface area contributed by atoms with Gasteiger partial charge in [-0.2, -0.15) is 5.26 Å². The number of carbonyl (C=O) groups excluding carboxylic acids is 2. The number of para-hydroxylation sites is 2. The van der Waals surface area contributed by atoms with Crippen LogP contribution in [0.25, 0.3) is 0 Å². The molecule has 1 heterocycles. The van der Waals surface area contributed by atoms with Gasteiger partial charge in [0.1, 0.15) is 11.8 Å². The van der Waals surface area contributed by atoms with E-state index in [1.54, 1.807) is 24.3 Å². The Bertz CT molecular complexity index is 503. The van der Waals surface area contributed by atoms with Crippen LogP contribution in [0.15, 0.2) is 24.3 Å². The van der Waals surface area contributed by atoms with Gasteiger partial charge in [0.2, 0.25) is 11.8 Å². The molecule has 1 aliphatic heterocycles. The average molecular weight is 244 g/mol. The van der Waals surface area contributed by atoms with Crippen molar-refractivity contribution in [3.8, 4) is 11.8 Å². The molecule has 2 amide bonds. The van der Waals surface area contributed by atoms with Crippen molar-refractivity contribution < 1.29 is 14.3 Å². The van der Waals surface area contributed by atoms with Gasteiger partial charge in [0.15, 0.2) is 6.61 Å². The van der Waals surface area contributed by atoms with Crippen LogP contribution in [0.3, 0.4) is 0 Å². The third kappa shape index (κ3) is 2.33. The largest absolute Gasteiger partial charge is 0.477 e. The highest BCUT2D eigenvalue weighted by atomic mass is 16.5. The Morgan fingerprint density at radius 1 is 1.22 bits per heavy atom. The standard InChI is InChI=1S/C13H12N2O3/c14-8-9-18-11-5-2-1-4-10(11)15-12(16)6-3-7-13(15)17/h1-2,4-5H,3,6-7,9H2. The molecule has 0 aliphatic carbocycles. The number of anilines is 1. The van der Waals surface area contributed by atoms with Crippen molar-refractivity contribution in [2.24, 2.45) is 0 Å². The maximum Gasteiger partial charge on any atom is 0.233 e. The first kappa shape index (κ1) is 12.1. The summed E-state index contributed by atoms with van der Waals surface area (Å²) in [6.07, 6.45) is 1.31. The molecule has 1 fully saturated rings. The Hall–Kier alpha value is -2.35. The Kier molecular flexibility index (Phi) is 3.58. The number of hydrogen-bond acceptors (Lipinski definition) is 4. The smallest absolute Gasteiger partial charge is 0.233 e. The molecule has 1 aliphatic rings. The summed E-state index contributed by atoms with van der Waals surface area (Å²) >= 11 is 0. The summed E-state index contributed by atoms with van der Waals surface area (Å²) in [6, 6.07) is 8.60. The summed E-state index contributed by atoms with van der Waals surface area (Å²) in [7, 11) is 0. The third-order valence-corrected chi connectivity index (χ3v) is 2.68. The second-order valence-electron chi connectivity index (χ2n) is 3.89. The van der Waals surface area contributed by atoms with Gasteiger partial charge in [-0.05, 0) is 18.6 Å². The predicted octanol–water partition coefficient (Wildman–Crippen LogP) is 1.63. The van der Waals surface area contributed by atoms with Crippen molar-refractivity contribution >= 4 is 17.5 Å². The molecule has 1 aromatic rings. The molecule has 18 heavy (non-hydrogen) atoms. The third-order valence-electron chi connectivity index (χ3n) is 2.68. The van der Waals surface area contributed by atoms with E-state index in [1.807, 2.05) is 6.07 Å². The van der Waals surface area contributed by atoms with Crippen LogP contribution in [0.5, 0.6) is 5.75 Å². The highest BCUT2D eigenvalue weighted by molar-refractivity contribution is 6.17. The minimum atomic E-state index is -0.223. The summed E-state index contributed by atoms with van der Waals surface area (Å²) in [4.78, 5) is 24.8. The monoisotopic (exact) mass is 244 g/mol. The van der Waals surface area contributed by atoms with Crippen molar-refractivity contribution in [3.63, 3.8) is 0 Å². The molecule has 0 aromatic heterocycles. The van der Waals surface area contributed by atoms with E-state index in [0.717, 1.165) is 4.90 Å². The van der Waals surface area contributed by atoms with E-state index in [9.17, 15) is 9.59 Å². The number of carbonyl (C=O) groups is 2. The van der Waals surface area contributed by atoms with Crippen LogP contribution in [-0.4, -0.2) is 18.4 Å². The molecular formula is C13H12N2O3. The van der Waals surface area contributed by atoms with E-state index in [1.165, 1.54) is 0 Å². The molecular weight excluding hydrogens is 232 g/mol. The predicted molar refractivity (Wildman–Crippen MR) is 63.9 cm³/mol. The van der Waals surface area contributed by atoms with E-state index in [4.69, 9.17) is 10.00 Å². The Morgan fingerprint density at radius 3 is 2.56 bits per heavy atom. The van der Waals surface area contributed by atoms with Crippen LogP contribution in [-0.2, 0) is 9.59 Å². The molecule has 0 saturated carbocycles. The van der Waals surface area contributed by atoms with Gasteiger partial charge < -0.3 is 4.74 Å². The first-order chi connectivity index (χ1) is 8.74. The zero-order valence-corrected chi connectivity index (χ0v) is 9.76. The highest BCUT2D eigenvalue weighted by Crippen LogP contribution is 2.31. The number of nitriles is 1. The fourth-order valence-corrected chi connectivity index (χ4v) is 1.90. The number of benzene rings is 1. The van der Waals surface area contributed by atoms with Gasteiger partial charge in [-0.3, -0.25) is 9.59 Å². The topological polar surface area (TPSA) is 70.4 Å². The Morgan fingerprint density at radius 2 is 1.89 bits per heavy atom. The quantitative estimate of drug-likeness (QED) is 0.758. The molecule has 92 valence electrons. The lowest BCUT2D eigenvalue weighted by atomic mass is 10.1. The molecule has 0 N–H and O–H groups in total. The fourth-order valence-electron chi connectivity index (χ4n) is 1.90. The molecule has 5 heteroatoms. The van der Waals surface area contributed by atoms with Gasteiger partial charge in [0.25, 0.3) is 0 Å². The molecule has 0 radical (unpaired) electrons. The minimum absolute atomic E-state index is 0.118. The molecule has 1 aromatic carbocycles. The lowest BCUT2D eigenvalue weighted by molar-refractivity contribution is -0.129. The lowest BCUT2D eigenvalue weighted by Gasteiger charge is -2.26. The SMILES string of the molecule is N#CCOc1ccccc1N1C(=O)CCCC1=O. The highest BCUT2D eigenvalue weighted by Gasteiger charge is 2.29. The molecule has 2 rings (SSSR count). The molecule has 0 spiro atoms. The summed E-state index contributed by atoms with van der Waals surface area (Å²) < 4.78 is 5.23. The van der Waals surface area contributed by atoms with Crippen molar-refractivity contribution in [3.05, 3.63) is 24.3 Å². The number of nitrogens with zero attached hydrogens (tertiary/aromatic N) is 2. The summed E-state index contributed by atoms with van der Waals surface area (Å²) in [5.41, 5.74) is 0.419. The number of amides is 2. The number of rotatable bonds is 3. The summed E-state index contributed by atoms with van der Waals surface area (Å²) in [6.45, 7) is -0.118. The van der Waals surface area contributed by atoms with Gasteiger partial charge >= 0.3 is 0 Å². The van der Waals surface area contributed by atoms with E-state index in [-0.39, 0.29) is 18.4 Å². The van der Waals surface area contributed by atoms with Crippen molar-refractivity contribution in [1.29, 1.82) is 5.26 Å². The number of hydrogen-bond donors (Lipinski definition) is 0. The van der Waals surface area contributed by atoms with Crippen molar-refractivity contribution in [1.82, 2.24) is 0 Å². The summed E-state index contributed by atoms with van der Waals surface area (Å²) in [5, 5.41) is 8.51. The molecule has 1 saturated heterocycles. The lowest BCUT2D eigenvalue weighted by Crippen LogP contribution is -2.40. The molecule has 0 bridgehead atoms. The second kappa shape index (κ2) is 5.32. The van der Waals surface area contributed by atoms with Gasteiger partial charge in [-0.25, -0.2) is 4.90 Å². The molecule has 5 nitrogen and oxygen atoms in total. The maximum atomic E-state index is 11.8. The van der Waals surface area contributed by atoms with E-state index < -0.39 is 0 Å². The number of ether oxygens (including phenoxy) is 1. The zero-order valence-electron chi connectivity index (χ0n) is 9.76. The fraction of sp³-hybridized carbons (Fsp3) is 0.308. The normalized spacial score (nSPS) is 15.4. The second-order valence-corrected chi connectivity index (χ2v) is 3.89. The van der Waals surface area contributed by atoms with Gasteiger partial charge in [0.05, 0.1) is 5.69 Å². The van der Waals surface area contributed by atoms with Crippen LogP contribution in [0.4, 0.5) is 5.69 Å². The average Bonchev–Trinajstić information content (AvgIpc) is 2.37. The van der Waals surface area contributed by atoms with Crippen molar-refractivity contribution in [2.45, 2.75) is 19.3 Å². The van der Waals surface area contributed by atoms with Gasteiger partial charge in [0, 0.05) is 12.8 Å². The van der Waals surface area contributed by atoms with Crippen LogP contribution < -0.4 is 9.64 Å². The minimum Gasteiger partial charge on any atom is -0.477 e. The Balaban J connectivity index is 2.34. The zero-order chi connectivity index (χ0) is 13.0. The number of piperidine rings is 1. The van der Waals surface area contributed by atoms with Crippen LogP contribution in [0.2, 0.25) is 0 Å². The van der Waals surface area contributed by atoms with Gasteiger partial charge in [-0.1, -0.05) is 12.1 Å². The molecule has 0 unspecified atom stereocenters. The van der Waals surface area contributed by atoms with Crippen molar-refractivity contribution in [2.75, 3.05) is 11.5 Å². The maximum absolute atomic E-state index is 11.8.